The molecule has 1 aromatic carbocycles. The molecule has 0 saturated heterocycles. The van der Waals surface area contributed by atoms with Crippen molar-refractivity contribution < 1.29 is 13.2 Å². The van der Waals surface area contributed by atoms with Gasteiger partial charge in [0, 0.05) is 21.9 Å². The lowest BCUT2D eigenvalue weighted by Crippen LogP contribution is -2.42. The van der Waals surface area contributed by atoms with Crippen molar-refractivity contribution >= 4 is 17.4 Å². The number of nitrogens with one attached hydrogen (secondary N) is 1. The molecule has 92 valence electrons. The number of rotatable bonds is 0. The molecule has 1 aliphatic heterocycles. The van der Waals surface area contributed by atoms with Gasteiger partial charge in [0.15, 0.2) is 0 Å². The van der Waals surface area contributed by atoms with Crippen molar-refractivity contribution in [3.63, 3.8) is 0 Å². The van der Waals surface area contributed by atoms with Crippen LogP contribution in [0.4, 0.5) is 18.9 Å². The van der Waals surface area contributed by atoms with Gasteiger partial charge in [0.2, 0.25) is 0 Å². The highest BCUT2D eigenvalue weighted by Crippen LogP contribution is 2.52. The van der Waals surface area contributed by atoms with Gasteiger partial charge >= 0.3 is 6.18 Å². The fraction of sp³-hybridized carbons (Fsp3) is 0.500. The van der Waals surface area contributed by atoms with Crippen molar-refractivity contribution in [3.8, 4) is 0 Å². The molecule has 0 amide bonds. The summed E-state index contributed by atoms with van der Waals surface area (Å²) in [5, 5.41) is 3.15. The number of halogens is 3. The molecule has 5 heteroatoms. The van der Waals surface area contributed by atoms with Crippen LogP contribution in [-0.2, 0) is 6.18 Å². The number of fused-ring (bicyclic) bond motifs is 1. The number of anilines is 1. The second kappa shape index (κ2) is 3.57. The standard InChI is InChI=1S/C12H12F3NS/c13-12(14,15)8-2-3-10-9(6-8)16-7-11(17-10)4-1-5-11/h2-3,6,16H,1,4-5,7H2. The molecule has 17 heavy (non-hydrogen) atoms. The molecule has 0 aromatic heterocycles. The van der Waals surface area contributed by atoms with E-state index in [0.717, 1.165) is 24.3 Å². The minimum atomic E-state index is -4.26. The van der Waals surface area contributed by atoms with Crippen LogP contribution in [0.25, 0.3) is 0 Å². The lowest BCUT2D eigenvalue weighted by atomic mass is 9.84. The van der Waals surface area contributed by atoms with Crippen molar-refractivity contribution in [3.05, 3.63) is 23.8 Å². The first kappa shape index (κ1) is 11.3. The Morgan fingerprint density at radius 2 is 2.00 bits per heavy atom. The third-order valence-electron chi connectivity index (χ3n) is 3.50. The largest absolute Gasteiger partial charge is 0.416 e. The van der Waals surface area contributed by atoms with Crippen LogP contribution in [0.5, 0.6) is 0 Å². The van der Waals surface area contributed by atoms with E-state index in [9.17, 15) is 13.2 Å². The van der Waals surface area contributed by atoms with Gasteiger partial charge in [0.1, 0.15) is 0 Å². The van der Waals surface area contributed by atoms with Crippen molar-refractivity contribution in [2.24, 2.45) is 0 Å². The van der Waals surface area contributed by atoms with E-state index in [1.165, 1.54) is 18.6 Å². The van der Waals surface area contributed by atoms with Crippen molar-refractivity contribution in [2.75, 3.05) is 11.9 Å². The first-order chi connectivity index (χ1) is 7.99. The number of hydrogen-bond donors (Lipinski definition) is 1. The minimum absolute atomic E-state index is 0.243. The molecule has 1 aliphatic carbocycles. The normalized spacial score (nSPS) is 21.6. The smallest absolute Gasteiger partial charge is 0.383 e. The van der Waals surface area contributed by atoms with E-state index in [4.69, 9.17) is 0 Å². The van der Waals surface area contributed by atoms with E-state index in [1.54, 1.807) is 17.8 Å². The molecule has 1 nitrogen and oxygen atoms in total. The zero-order valence-corrected chi connectivity index (χ0v) is 9.92. The Morgan fingerprint density at radius 3 is 2.59 bits per heavy atom. The number of benzene rings is 1. The fourth-order valence-electron chi connectivity index (χ4n) is 2.31. The highest BCUT2D eigenvalue weighted by molar-refractivity contribution is 8.01. The van der Waals surface area contributed by atoms with Gasteiger partial charge in [-0.2, -0.15) is 13.2 Å². The third kappa shape index (κ3) is 1.90. The maximum absolute atomic E-state index is 12.6. The predicted molar refractivity (Wildman–Crippen MR) is 62.4 cm³/mol. The summed E-state index contributed by atoms with van der Waals surface area (Å²) in [5.74, 6) is 0. The van der Waals surface area contributed by atoms with Crippen LogP contribution in [0.3, 0.4) is 0 Å². The number of hydrogen-bond acceptors (Lipinski definition) is 2. The van der Waals surface area contributed by atoms with Gasteiger partial charge in [0.05, 0.1) is 5.56 Å². The molecule has 0 bridgehead atoms. The number of alkyl halides is 3. The van der Waals surface area contributed by atoms with E-state index in [-0.39, 0.29) is 4.75 Å². The monoisotopic (exact) mass is 259 g/mol. The molecule has 1 fully saturated rings. The first-order valence-corrected chi connectivity index (χ1v) is 6.44. The summed E-state index contributed by atoms with van der Waals surface area (Å²) in [5.41, 5.74) is 0.0521. The van der Waals surface area contributed by atoms with Crippen LogP contribution in [0, 0.1) is 0 Å². The second-order valence-electron chi connectivity index (χ2n) is 4.70. The summed E-state index contributed by atoms with van der Waals surface area (Å²) >= 11 is 1.74. The van der Waals surface area contributed by atoms with Crippen LogP contribution >= 0.6 is 11.8 Å². The molecule has 1 N–H and O–H groups in total. The molecule has 1 heterocycles. The number of thioether (sulfide) groups is 1. The Bertz CT molecular complexity index is 452. The summed E-state index contributed by atoms with van der Waals surface area (Å²) < 4.78 is 37.9. The maximum Gasteiger partial charge on any atom is 0.416 e. The maximum atomic E-state index is 12.6. The molecular weight excluding hydrogens is 247 g/mol. The van der Waals surface area contributed by atoms with Gasteiger partial charge in [-0.15, -0.1) is 11.8 Å². The summed E-state index contributed by atoms with van der Waals surface area (Å²) in [4.78, 5) is 0.948. The Kier molecular flexibility index (Phi) is 2.37. The van der Waals surface area contributed by atoms with Gasteiger partial charge < -0.3 is 5.32 Å². The lowest BCUT2D eigenvalue weighted by Gasteiger charge is -2.45. The van der Waals surface area contributed by atoms with E-state index < -0.39 is 11.7 Å². The zero-order chi connectivity index (χ0) is 12.1. The molecule has 1 aromatic rings. The van der Waals surface area contributed by atoms with Crippen molar-refractivity contribution in [1.29, 1.82) is 0 Å². The Labute approximate surface area is 102 Å². The SMILES string of the molecule is FC(F)(F)c1ccc2c(c1)NCC1(CCC1)S2. The molecule has 2 aliphatic rings. The van der Waals surface area contributed by atoms with Gasteiger partial charge in [-0.25, -0.2) is 0 Å². The Balaban J connectivity index is 1.91. The van der Waals surface area contributed by atoms with Gasteiger partial charge in [-0.05, 0) is 31.0 Å². The minimum Gasteiger partial charge on any atom is -0.383 e. The third-order valence-corrected chi connectivity index (χ3v) is 5.06. The highest BCUT2D eigenvalue weighted by Gasteiger charge is 2.41. The van der Waals surface area contributed by atoms with E-state index in [0.29, 0.717) is 5.69 Å². The summed E-state index contributed by atoms with van der Waals surface area (Å²) in [7, 11) is 0. The zero-order valence-electron chi connectivity index (χ0n) is 9.10. The topological polar surface area (TPSA) is 12.0 Å². The van der Waals surface area contributed by atoms with Crippen LogP contribution in [0.1, 0.15) is 24.8 Å². The van der Waals surface area contributed by atoms with Gasteiger partial charge in [-0.3, -0.25) is 0 Å². The molecular formula is C12H12F3NS. The van der Waals surface area contributed by atoms with Crippen LogP contribution < -0.4 is 5.32 Å². The van der Waals surface area contributed by atoms with E-state index >= 15 is 0 Å². The summed E-state index contributed by atoms with van der Waals surface area (Å²) in [6.45, 7) is 0.784. The summed E-state index contributed by atoms with van der Waals surface area (Å²) in [6, 6.07) is 3.98. The molecule has 1 spiro atoms. The van der Waals surface area contributed by atoms with Crippen LogP contribution in [0.15, 0.2) is 23.1 Å². The molecule has 1 saturated carbocycles. The Morgan fingerprint density at radius 1 is 1.24 bits per heavy atom. The summed E-state index contributed by atoms with van der Waals surface area (Å²) in [6.07, 6.45) is -0.714. The van der Waals surface area contributed by atoms with Gasteiger partial charge in [0.25, 0.3) is 0 Å². The predicted octanol–water partition coefficient (Wildman–Crippen LogP) is 4.15. The fourth-order valence-corrected chi connectivity index (χ4v) is 3.79. The highest BCUT2D eigenvalue weighted by atomic mass is 32.2. The molecule has 0 atom stereocenters. The van der Waals surface area contributed by atoms with E-state index in [2.05, 4.69) is 5.32 Å². The average Bonchev–Trinajstić information content (AvgIpc) is 2.24. The van der Waals surface area contributed by atoms with Crippen LogP contribution in [0.2, 0.25) is 0 Å². The quantitative estimate of drug-likeness (QED) is 0.751. The molecule has 3 rings (SSSR count). The first-order valence-electron chi connectivity index (χ1n) is 5.63. The van der Waals surface area contributed by atoms with E-state index in [1.807, 2.05) is 0 Å². The van der Waals surface area contributed by atoms with Crippen LogP contribution in [-0.4, -0.2) is 11.3 Å². The lowest BCUT2D eigenvalue weighted by molar-refractivity contribution is -0.137. The van der Waals surface area contributed by atoms with Crippen molar-refractivity contribution in [2.45, 2.75) is 35.1 Å². The Hall–Kier alpha value is -0.840. The van der Waals surface area contributed by atoms with Crippen molar-refractivity contribution in [1.82, 2.24) is 0 Å². The van der Waals surface area contributed by atoms with Gasteiger partial charge in [-0.1, -0.05) is 6.42 Å². The average molecular weight is 259 g/mol. The molecule has 0 radical (unpaired) electrons. The molecule has 0 unspecified atom stereocenters. The second-order valence-corrected chi connectivity index (χ2v) is 6.21.